The van der Waals surface area contributed by atoms with Crippen molar-refractivity contribution in [3.8, 4) is 0 Å². The van der Waals surface area contributed by atoms with Gasteiger partial charge in [0.25, 0.3) is 11.5 Å². The first kappa shape index (κ1) is 28.0. The summed E-state index contributed by atoms with van der Waals surface area (Å²) in [4.78, 5) is 48.7. The number of unbranched alkanes of at least 4 members (excludes halogenated alkanes) is 2. The molecule has 3 rings (SSSR count). The number of ether oxygens (including phenoxy) is 1. The smallest absolute Gasteiger partial charge is 0.341 e. The van der Waals surface area contributed by atoms with E-state index >= 15 is 0 Å². The van der Waals surface area contributed by atoms with Crippen LogP contribution in [-0.4, -0.2) is 32.4 Å². The van der Waals surface area contributed by atoms with Crippen molar-refractivity contribution in [2.24, 2.45) is 4.99 Å². The molecule has 8 nitrogen and oxygen atoms in total. The van der Waals surface area contributed by atoms with Crippen LogP contribution in [0, 0.1) is 6.92 Å². The zero-order valence-corrected chi connectivity index (χ0v) is 23.0. The van der Waals surface area contributed by atoms with Crippen molar-refractivity contribution in [1.29, 1.82) is 0 Å². The second-order valence-corrected chi connectivity index (χ2v) is 9.43. The van der Waals surface area contributed by atoms with Gasteiger partial charge < -0.3 is 9.30 Å². The average Bonchev–Trinajstić information content (AvgIpc) is 2.86. The van der Waals surface area contributed by atoms with E-state index < -0.39 is 11.9 Å². The first-order valence-corrected chi connectivity index (χ1v) is 13.1. The molecule has 3 aromatic rings. The van der Waals surface area contributed by atoms with Crippen molar-refractivity contribution in [3.63, 3.8) is 0 Å². The molecule has 0 bridgehead atoms. The molecule has 1 amide bonds. The Balaban J connectivity index is 2.37. The highest BCUT2D eigenvalue weighted by atomic mass is 79.9. The topological polar surface area (TPSA) is 95.0 Å². The van der Waals surface area contributed by atoms with Crippen LogP contribution in [0.25, 0.3) is 16.7 Å². The van der Waals surface area contributed by atoms with Crippen LogP contribution in [0.4, 0.5) is 0 Å². The van der Waals surface area contributed by atoms with Crippen molar-refractivity contribution in [3.05, 3.63) is 86.7 Å². The van der Waals surface area contributed by atoms with Gasteiger partial charge in [-0.3, -0.25) is 14.0 Å². The number of fused-ring (bicyclic) bond motifs is 2. The van der Waals surface area contributed by atoms with Gasteiger partial charge in [0.1, 0.15) is 16.9 Å². The third-order valence-corrected chi connectivity index (χ3v) is 6.21. The van der Waals surface area contributed by atoms with E-state index in [0.29, 0.717) is 22.3 Å². The Kier molecular flexibility index (Phi) is 9.91. The van der Waals surface area contributed by atoms with Crippen LogP contribution in [0.5, 0.6) is 0 Å². The number of hydrogen-bond donors (Lipinski definition) is 0. The van der Waals surface area contributed by atoms with Gasteiger partial charge in [-0.2, -0.15) is 4.99 Å². The van der Waals surface area contributed by atoms with Gasteiger partial charge in [-0.25, -0.2) is 9.78 Å². The number of esters is 1. The van der Waals surface area contributed by atoms with Crippen molar-refractivity contribution >= 4 is 44.5 Å². The van der Waals surface area contributed by atoms with Crippen LogP contribution in [0.2, 0.25) is 0 Å². The minimum Gasteiger partial charge on any atom is -0.462 e. The van der Waals surface area contributed by atoms with Gasteiger partial charge in [0.15, 0.2) is 5.49 Å². The maximum Gasteiger partial charge on any atom is 0.341 e. The summed E-state index contributed by atoms with van der Waals surface area (Å²) in [6, 6.07) is 5.09. The number of amides is 1. The number of hydrogen-bond acceptors (Lipinski definition) is 5. The number of carbonyl (C=O) groups excluding carboxylic acids is 2. The van der Waals surface area contributed by atoms with Gasteiger partial charge in [-0.1, -0.05) is 72.6 Å². The number of aromatic nitrogens is 3. The summed E-state index contributed by atoms with van der Waals surface area (Å²) in [5.74, 6) is -1.12. The number of pyridine rings is 2. The Hall–Kier alpha value is -3.59. The van der Waals surface area contributed by atoms with Gasteiger partial charge in [0, 0.05) is 17.2 Å². The normalized spacial score (nSPS) is 12.5. The molecule has 3 heterocycles. The largest absolute Gasteiger partial charge is 0.462 e. The molecular formula is C28H31BrN4O4. The summed E-state index contributed by atoms with van der Waals surface area (Å²) in [7, 11) is 0. The van der Waals surface area contributed by atoms with Crippen molar-refractivity contribution in [2.45, 2.75) is 53.0 Å². The molecule has 9 heteroatoms. The van der Waals surface area contributed by atoms with Crippen LogP contribution >= 0.6 is 15.9 Å². The highest BCUT2D eigenvalue weighted by Crippen LogP contribution is 2.15. The van der Waals surface area contributed by atoms with E-state index in [2.05, 4.69) is 34.4 Å². The van der Waals surface area contributed by atoms with Gasteiger partial charge in [-0.15, -0.1) is 0 Å². The molecule has 0 fully saturated rings. The zero-order chi connectivity index (χ0) is 26.9. The van der Waals surface area contributed by atoms with E-state index in [9.17, 15) is 14.4 Å². The molecule has 0 atom stereocenters. The van der Waals surface area contributed by atoms with Gasteiger partial charge in [0.2, 0.25) is 0 Å². The van der Waals surface area contributed by atoms with Crippen molar-refractivity contribution in [1.82, 2.24) is 14.0 Å². The quantitative estimate of drug-likeness (QED) is 0.146. The maximum atomic E-state index is 13.5. The van der Waals surface area contributed by atoms with E-state index in [1.807, 2.05) is 13.0 Å². The molecule has 37 heavy (non-hydrogen) atoms. The molecule has 0 unspecified atom stereocenters. The van der Waals surface area contributed by atoms with Gasteiger partial charge in [0.05, 0.1) is 18.4 Å². The summed E-state index contributed by atoms with van der Waals surface area (Å²) >= 11 is 3.39. The first-order valence-electron chi connectivity index (χ1n) is 12.3. The lowest BCUT2D eigenvalue weighted by atomic mass is 10.2. The van der Waals surface area contributed by atoms with Gasteiger partial charge >= 0.3 is 5.97 Å². The van der Waals surface area contributed by atoms with E-state index in [0.717, 1.165) is 24.8 Å². The predicted octanol–water partition coefficient (Wildman–Crippen LogP) is 5.16. The number of halogens is 1. The molecule has 0 radical (unpaired) electrons. The minimum absolute atomic E-state index is 0.0103. The Labute approximate surface area is 223 Å². The Morgan fingerprint density at radius 3 is 2.70 bits per heavy atom. The molecule has 3 aromatic heterocycles. The molecule has 0 spiro atoms. The Morgan fingerprint density at radius 2 is 2.00 bits per heavy atom. The van der Waals surface area contributed by atoms with Crippen LogP contribution in [0.3, 0.4) is 0 Å². The third kappa shape index (κ3) is 6.60. The summed E-state index contributed by atoms with van der Waals surface area (Å²) in [6.45, 7) is 9.84. The summed E-state index contributed by atoms with van der Waals surface area (Å²) in [6.07, 6.45) is 11.1. The number of rotatable bonds is 10. The van der Waals surface area contributed by atoms with E-state index in [4.69, 9.17) is 9.72 Å². The standard InChI is InChI=1S/C28H31BrN4O4/c1-5-8-10-14-20(29)17-23(34)30-26-22(28(36)37-7-3)18-21-25(32(26)15-11-9-6-2)31-24-19(4)13-12-16-33(24)27(21)35/h5,8,10,12-14,16,18H,1,6-7,9,11,15,17H2,2-4H3/b10-8+,20-14-,30-26?. The maximum absolute atomic E-state index is 13.5. The molecule has 0 saturated heterocycles. The molecule has 0 aliphatic carbocycles. The van der Waals surface area contributed by atoms with Crippen molar-refractivity contribution < 1.29 is 14.3 Å². The molecular weight excluding hydrogens is 536 g/mol. The zero-order valence-electron chi connectivity index (χ0n) is 21.4. The number of nitrogens with zero attached hydrogens (tertiary/aromatic N) is 4. The molecule has 0 aliphatic heterocycles. The Bertz CT molecular complexity index is 1530. The highest BCUT2D eigenvalue weighted by Gasteiger charge is 2.20. The molecule has 0 N–H and O–H groups in total. The SMILES string of the molecule is C=C/C=C/C=C(\Br)CC(=O)N=c1c(C(=O)OCC)cc2c(=O)n3cccc(C)c3nc2n1CCCCC. The lowest BCUT2D eigenvalue weighted by molar-refractivity contribution is -0.117. The van der Waals surface area contributed by atoms with E-state index in [-0.39, 0.29) is 35.0 Å². The summed E-state index contributed by atoms with van der Waals surface area (Å²) in [5.41, 5.74) is 1.59. The lowest BCUT2D eigenvalue weighted by Crippen LogP contribution is -2.33. The monoisotopic (exact) mass is 566 g/mol. The lowest BCUT2D eigenvalue weighted by Gasteiger charge is -2.15. The number of aryl methyl sites for hydroxylation is 2. The second kappa shape index (κ2) is 13.1. The minimum atomic E-state index is -0.655. The molecule has 194 valence electrons. The van der Waals surface area contributed by atoms with Crippen LogP contribution in [0.15, 0.2) is 69.5 Å². The highest BCUT2D eigenvalue weighted by molar-refractivity contribution is 9.11. The fourth-order valence-corrected chi connectivity index (χ4v) is 4.29. The van der Waals surface area contributed by atoms with E-state index in [1.54, 1.807) is 48.1 Å². The van der Waals surface area contributed by atoms with Crippen molar-refractivity contribution in [2.75, 3.05) is 6.61 Å². The fourth-order valence-electron chi connectivity index (χ4n) is 3.90. The Morgan fingerprint density at radius 1 is 1.22 bits per heavy atom. The fraction of sp³-hybridized carbons (Fsp3) is 0.321. The number of allylic oxidation sites excluding steroid dienone is 4. The third-order valence-electron chi connectivity index (χ3n) is 5.66. The first-order chi connectivity index (χ1) is 17.8. The number of carbonyl (C=O) groups is 2. The second-order valence-electron chi connectivity index (χ2n) is 8.42. The van der Waals surface area contributed by atoms with E-state index in [1.165, 1.54) is 10.5 Å². The molecule has 0 aliphatic rings. The van der Waals surface area contributed by atoms with Crippen LogP contribution in [0.1, 0.15) is 55.5 Å². The summed E-state index contributed by atoms with van der Waals surface area (Å²) < 4.78 is 9.07. The van der Waals surface area contributed by atoms with Crippen LogP contribution < -0.4 is 11.0 Å². The summed E-state index contributed by atoms with van der Waals surface area (Å²) in [5, 5.41) is 0.254. The average molecular weight is 567 g/mol. The van der Waals surface area contributed by atoms with Gasteiger partial charge in [-0.05, 0) is 38.0 Å². The molecule has 0 aromatic carbocycles. The van der Waals surface area contributed by atoms with Crippen LogP contribution in [-0.2, 0) is 16.1 Å². The predicted molar refractivity (Wildman–Crippen MR) is 149 cm³/mol. The molecule has 0 saturated carbocycles.